The summed E-state index contributed by atoms with van der Waals surface area (Å²) >= 11 is 0. The van der Waals surface area contributed by atoms with Gasteiger partial charge in [0.15, 0.2) is 0 Å². The minimum atomic E-state index is -4.07. The molecule has 1 unspecified atom stereocenters. The number of nitrogens with one attached hydrogen (secondary N) is 1. The van der Waals surface area contributed by atoms with Crippen LogP contribution in [0.1, 0.15) is 20.3 Å². The van der Waals surface area contributed by atoms with Crippen LogP contribution in [0.5, 0.6) is 0 Å². The molecule has 1 N–H and O–H groups in total. The molecule has 108 valence electrons. The standard InChI is InChI=1S/C12H24F3N3/c1-3-16-5-4-11(2)18-8-6-17(7-9-18)10-12(13,14)15/h11,16H,3-10H2,1-2H3. The molecule has 0 aliphatic carbocycles. The van der Waals surface area contributed by atoms with Gasteiger partial charge in [0.2, 0.25) is 0 Å². The zero-order valence-electron chi connectivity index (χ0n) is 11.3. The van der Waals surface area contributed by atoms with Crippen LogP contribution in [0.2, 0.25) is 0 Å². The molecule has 1 heterocycles. The van der Waals surface area contributed by atoms with E-state index in [-0.39, 0.29) is 0 Å². The summed E-state index contributed by atoms with van der Waals surface area (Å²) in [4.78, 5) is 3.78. The van der Waals surface area contributed by atoms with Crippen molar-refractivity contribution < 1.29 is 13.2 Å². The van der Waals surface area contributed by atoms with Crippen LogP contribution in [0.3, 0.4) is 0 Å². The largest absolute Gasteiger partial charge is 0.401 e. The van der Waals surface area contributed by atoms with Crippen LogP contribution in [0, 0.1) is 0 Å². The third kappa shape index (κ3) is 6.02. The Hall–Kier alpha value is -0.330. The Labute approximate surface area is 107 Å². The molecule has 0 bridgehead atoms. The average Bonchev–Trinajstić information content (AvgIpc) is 2.28. The zero-order chi connectivity index (χ0) is 13.6. The molecule has 1 rings (SSSR count). The van der Waals surface area contributed by atoms with Gasteiger partial charge in [0, 0.05) is 32.2 Å². The molecule has 0 amide bonds. The second-order valence-electron chi connectivity index (χ2n) is 4.92. The van der Waals surface area contributed by atoms with Gasteiger partial charge in [0.25, 0.3) is 0 Å². The highest BCUT2D eigenvalue weighted by Crippen LogP contribution is 2.18. The van der Waals surface area contributed by atoms with E-state index in [4.69, 9.17) is 0 Å². The van der Waals surface area contributed by atoms with E-state index in [1.165, 1.54) is 4.90 Å². The molecule has 18 heavy (non-hydrogen) atoms. The second-order valence-corrected chi connectivity index (χ2v) is 4.92. The van der Waals surface area contributed by atoms with E-state index in [0.29, 0.717) is 19.1 Å². The minimum Gasteiger partial charge on any atom is -0.317 e. The Kier molecular flexibility index (Phi) is 6.38. The molecule has 1 saturated heterocycles. The minimum absolute atomic E-state index is 0.442. The van der Waals surface area contributed by atoms with Crippen LogP contribution in [-0.4, -0.2) is 67.8 Å². The van der Waals surface area contributed by atoms with Gasteiger partial charge in [-0.1, -0.05) is 6.92 Å². The summed E-state index contributed by atoms with van der Waals surface area (Å²) in [5.74, 6) is 0. The normalized spacial score (nSPS) is 21.2. The fourth-order valence-electron chi connectivity index (χ4n) is 2.29. The maximum atomic E-state index is 12.2. The molecular formula is C12H24F3N3. The Morgan fingerprint density at radius 1 is 1.17 bits per heavy atom. The summed E-state index contributed by atoms with van der Waals surface area (Å²) in [6, 6.07) is 0.442. The fourth-order valence-corrected chi connectivity index (χ4v) is 2.29. The third-order valence-corrected chi connectivity index (χ3v) is 3.42. The summed E-state index contributed by atoms with van der Waals surface area (Å²) in [6.45, 7) is 7.90. The molecule has 1 atom stereocenters. The summed E-state index contributed by atoms with van der Waals surface area (Å²) < 4.78 is 36.7. The summed E-state index contributed by atoms with van der Waals surface area (Å²) in [6.07, 6.45) is -3.02. The van der Waals surface area contributed by atoms with Crippen molar-refractivity contribution in [2.24, 2.45) is 0 Å². The first kappa shape index (κ1) is 15.7. The predicted molar refractivity (Wildman–Crippen MR) is 66.7 cm³/mol. The first-order chi connectivity index (χ1) is 8.42. The number of piperazine rings is 1. The number of hydrogen-bond acceptors (Lipinski definition) is 3. The molecule has 0 radical (unpaired) electrons. The molecule has 0 aromatic heterocycles. The lowest BCUT2D eigenvalue weighted by molar-refractivity contribution is -0.149. The van der Waals surface area contributed by atoms with Gasteiger partial charge in [-0.15, -0.1) is 0 Å². The van der Waals surface area contributed by atoms with E-state index in [1.54, 1.807) is 0 Å². The van der Waals surface area contributed by atoms with Gasteiger partial charge in [0.1, 0.15) is 0 Å². The van der Waals surface area contributed by atoms with Gasteiger partial charge >= 0.3 is 6.18 Å². The molecule has 1 aliphatic rings. The molecule has 0 aromatic rings. The number of halogens is 3. The van der Waals surface area contributed by atoms with Gasteiger partial charge in [-0.25, -0.2) is 0 Å². The van der Waals surface area contributed by atoms with E-state index in [2.05, 4.69) is 24.1 Å². The molecule has 6 heteroatoms. The van der Waals surface area contributed by atoms with Gasteiger partial charge < -0.3 is 5.32 Å². The van der Waals surface area contributed by atoms with Crippen molar-refractivity contribution in [3.05, 3.63) is 0 Å². The average molecular weight is 267 g/mol. The Morgan fingerprint density at radius 2 is 1.78 bits per heavy atom. The lowest BCUT2D eigenvalue weighted by atomic mass is 10.1. The number of alkyl halides is 3. The van der Waals surface area contributed by atoms with Gasteiger partial charge in [0.05, 0.1) is 6.54 Å². The van der Waals surface area contributed by atoms with Gasteiger partial charge in [-0.3, -0.25) is 9.80 Å². The molecule has 0 aromatic carbocycles. The van der Waals surface area contributed by atoms with Crippen molar-refractivity contribution in [1.29, 1.82) is 0 Å². The molecule has 1 fully saturated rings. The first-order valence-electron chi connectivity index (χ1n) is 6.66. The number of hydrogen-bond donors (Lipinski definition) is 1. The molecule has 1 aliphatic heterocycles. The van der Waals surface area contributed by atoms with Gasteiger partial charge in [-0.2, -0.15) is 13.2 Å². The van der Waals surface area contributed by atoms with Crippen LogP contribution in [0.15, 0.2) is 0 Å². The van der Waals surface area contributed by atoms with Crippen LogP contribution >= 0.6 is 0 Å². The fraction of sp³-hybridized carbons (Fsp3) is 1.00. The molecule has 3 nitrogen and oxygen atoms in total. The SMILES string of the molecule is CCNCCC(C)N1CCN(CC(F)(F)F)CC1. The van der Waals surface area contributed by atoms with Crippen LogP contribution in [0.4, 0.5) is 13.2 Å². The number of rotatable bonds is 6. The molecule has 0 saturated carbocycles. The van der Waals surface area contributed by atoms with Crippen molar-refractivity contribution in [3.8, 4) is 0 Å². The highest BCUT2D eigenvalue weighted by molar-refractivity contribution is 4.77. The maximum Gasteiger partial charge on any atom is 0.401 e. The smallest absolute Gasteiger partial charge is 0.317 e. The predicted octanol–water partition coefficient (Wildman–Crippen LogP) is 1.55. The molecular weight excluding hydrogens is 243 g/mol. The van der Waals surface area contributed by atoms with Crippen molar-refractivity contribution in [1.82, 2.24) is 15.1 Å². The van der Waals surface area contributed by atoms with Crippen molar-refractivity contribution in [3.63, 3.8) is 0 Å². The Balaban J connectivity index is 2.22. The Bertz CT molecular complexity index is 225. The lowest BCUT2D eigenvalue weighted by Crippen LogP contribution is -2.51. The summed E-state index contributed by atoms with van der Waals surface area (Å²) in [7, 11) is 0. The lowest BCUT2D eigenvalue weighted by Gasteiger charge is -2.38. The highest BCUT2D eigenvalue weighted by Gasteiger charge is 2.32. The highest BCUT2D eigenvalue weighted by atomic mass is 19.4. The number of nitrogens with zero attached hydrogens (tertiary/aromatic N) is 2. The quantitative estimate of drug-likeness (QED) is 0.737. The van der Waals surface area contributed by atoms with Crippen molar-refractivity contribution >= 4 is 0 Å². The van der Waals surface area contributed by atoms with E-state index in [9.17, 15) is 13.2 Å². The van der Waals surface area contributed by atoms with E-state index >= 15 is 0 Å². The Morgan fingerprint density at radius 3 is 2.28 bits per heavy atom. The van der Waals surface area contributed by atoms with Crippen LogP contribution < -0.4 is 5.32 Å². The third-order valence-electron chi connectivity index (χ3n) is 3.42. The van der Waals surface area contributed by atoms with E-state index in [1.807, 2.05) is 0 Å². The zero-order valence-corrected chi connectivity index (χ0v) is 11.3. The summed E-state index contributed by atoms with van der Waals surface area (Å²) in [5.41, 5.74) is 0. The summed E-state index contributed by atoms with van der Waals surface area (Å²) in [5, 5.41) is 3.27. The van der Waals surface area contributed by atoms with Crippen molar-refractivity contribution in [2.45, 2.75) is 32.5 Å². The monoisotopic (exact) mass is 267 g/mol. The maximum absolute atomic E-state index is 12.2. The first-order valence-corrected chi connectivity index (χ1v) is 6.66. The van der Waals surface area contributed by atoms with Crippen LogP contribution in [-0.2, 0) is 0 Å². The van der Waals surface area contributed by atoms with E-state index in [0.717, 1.165) is 32.6 Å². The topological polar surface area (TPSA) is 18.5 Å². The second kappa shape index (κ2) is 7.31. The molecule has 0 spiro atoms. The van der Waals surface area contributed by atoms with E-state index < -0.39 is 12.7 Å². The van der Waals surface area contributed by atoms with Crippen LogP contribution in [0.25, 0.3) is 0 Å². The van der Waals surface area contributed by atoms with Gasteiger partial charge in [-0.05, 0) is 26.4 Å². The van der Waals surface area contributed by atoms with Crippen molar-refractivity contribution in [2.75, 3.05) is 45.8 Å².